The maximum atomic E-state index is 5.53. The van der Waals surface area contributed by atoms with Crippen LogP contribution in [0.15, 0.2) is 5.38 Å². The number of nitrogens with zero attached hydrogens (tertiary/aromatic N) is 2. The first-order chi connectivity index (χ1) is 7.69. The van der Waals surface area contributed by atoms with E-state index in [-0.39, 0.29) is 0 Å². The van der Waals surface area contributed by atoms with E-state index in [1.54, 1.807) is 11.3 Å². The van der Waals surface area contributed by atoms with E-state index in [9.17, 15) is 0 Å². The van der Waals surface area contributed by atoms with Gasteiger partial charge in [0, 0.05) is 31.4 Å². The second-order valence-electron chi connectivity index (χ2n) is 4.92. The summed E-state index contributed by atoms with van der Waals surface area (Å²) in [6.07, 6.45) is 0.914. The van der Waals surface area contributed by atoms with Gasteiger partial charge >= 0.3 is 0 Å². The van der Waals surface area contributed by atoms with Crippen LogP contribution in [0.25, 0.3) is 0 Å². The van der Waals surface area contributed by atoms with Gasteiger partial charge in [-0.1, -0.05) is 13.8 Å². The predicted octanol–water partition coefficient (Wildman–Crippen LogP) is 1.73. The molecule has 16 heavy (non-hydrogen) atoms. The number of thiazole rings is 1. The van der Waals surface area contributed by atoms with Crippen molar-refractivity contribution in [3.05, 3.63) is 16.1 Å². The van der Waals surface area contributed by atoms with E-state index in [1.165, 1.54) is 23.8 Å². The van der Waals surface area contributed by atoms with Gasteiger partial charge < -0.3 is 5.73 Å². The Morgan fingerprint density at radius 3 is 2.75 bits per heavy atom. The average Bonchev–Trinajstić information content (AvgIpc) is 2.77. The Kier molecular flexibility index (Phi) is 3.95. The number of likely N-dealkylation sites (tertiary alicyclic amines) is 1. The predicted molar refractivity (Wildman–Crippen MR) is 68.5 cm³/mol. The second-order valence-corrected chi connectivity index (χ2v) is 5.86. The molecule has 1 saturated heterocycles. The third-order valence-electron chi connectivity index (χ3n) is 3.41. The molecule has 90 valence electrons. The smallest absolute Gasteiger partial charge is 0.0941 e. The Hall–Kier alpha value is -0.450. The molecule has 1 aromatic rings. The van der Waals surface area contributed by atoms with Crippen molar-refractivity contribution in [1.82, 2.24) is 9.88 Å². The van der Waals surface area contributed by atoms with Crippen LogP contribution in [0, 0.1) is 11.8 Å². The molecular formula is C12H21N3S. The molecule has 2 unspecified atom stereocenters. The van der Waals surface area contributed by atoms with Gasteiger partial charge in [-0.15, -0.1) is 11.3 Å². The fourth-order valence-electron chi connectivity index (χ4n) is 2.27. The standard InChI is InChI=1S/C12H21N3S/c1-9-5-15(6-10(9)2)7-11-8-16-12(14-11)3-4-13/h8-10H,3-7,13H2,1-2H3. The van der Waals surface area contributed by atoms with Crippen LogP contribution >= 0.6 is 11.3 Å². The zero-order valence-corrected chi connectivity index (χ0v) is 11.0. The molecule has 2 N–H and O–H groups in total. The number of hydrogen-bond donors (Lipinski definition) is 1. The van der Waals surface area contributed by atoms with Gasteiger partial charge in [0.15, 0.2) is 0 Å². The highest BCUT2D eigenvalue weighted by Crippen LogP contribution is 2.24. The summed E-state index contributed by atoms with van der Waals surface area (Å²) in [4.78, 5) is 7.12. The van der Waals surface area contributed by atoms with Gasteiger partial charge in [0.1, 0.15) is 0 Å². The van der Waals surface area contributed by atoms with Gasteiger partial charge in [0.2, 0.25) is 0 Å². The van der Waals surface area contributed by atoms with E-state index >= 15 is 0 Å². The molecule has 2 heterocycles. The summed E-state index contributed by atoms with van der Waals surface area (Å²) >= 11 is 1.74. The normalized spacial score (nSPS) is 26.4. The molecule has 2 rings (SSSR count). The average molecular weight is 239 g/mol. The second kappa shape index (κ2) is 5.25. The zero-order valence-electron chi connectivity index (χ0n) is 10.1. The Bertz CT molecular complexity index is 327. The lowest BCUT2D eigenvalue weighted by atomic mass is 10.0. The molecule has 0 spiro atoms. The molecule has 3 nitrogen and oxygen atoms in total. The van der Waals surface area contributed by atoms with Crippen molar-refractivity contribution in [3.8, 4) is 0 Å². The molecule has 4 heteroatoms. The van der Waals surface area contributed by atoms with Crippen LogP contribution in [0.3, 0.4) is 0 Å². The van der Waals surface area contributed by atoms with E-state index in [4.69, 9.17) is 5.73 Å². The van der Waals surface area contributed by atoms with Crippen molar-refractivity contribution in [2.75, 3.05) is 19.6 Å². The summed E-state index contributed by atoms with van der Waals surface area (Å²) in [5.41, 5.74) is 6.74. The fourth-order valence-corrected chi connectivity index (χ4v) is 3.07. The van der Waals surface area contributed by atoms with Gasteiger partial charge in [0.05, 0.1) is 10.7 Å². The summed E-state index contributed by atoms with van der Waals surface area (Å²) in [7, 11) is 0. The number of hydrogen-bond acceptors (Lipinski definition) is 4. The van der Waals surface area contributed by atoms with Crippen molar-refractivity contribution in [3.63, 3.8) is 0 Å². The van der Waals surface area contributed by atoms with Crippen LogP contribution in [-0.4, -0.2) is 29.5 Å². The summed E-state index contributed by atoms with van der Waals surface area (Å²) in [6.45, 7) is 8.81. The Balaban J connectivity index is 1.89. The molecule has 0 bridgehead atoms. The maximum Gasteiger partial charge on any atom is 0.0941 e. The largest absolute Gasteiger partial charge is 0.330 e. The molecule has 1 aliphatic rings. The molecule has 0 radical (unpaired) electrons. The molecule has 0 amide bonds. The fraction of sp³-hybridized carbons (Fsp3) is 0.750. The third-order valence-corrected chi connectivity index (χ3v) is 4.36. The van der Waals surface area contributed by atoms with Crippen molar-refractivity contribution < 1.29 is 0 Å². The van der Waals surface area contributed by atoms with Gasteiger partial charge in [-0.3, -0.25) is 4.90 Å². The lowest BCUT2D eigenvalue weighted by Gasteiger charge is -2.13. The van der Waals surface area contributed by atoms with E-state index in [0.29, 0.717) is 6.54 Å². The lowest BCUT2D eigenvalue weighted by Crippen LogP contribution is -2.20. The highest BCUT2D eigenvalue weighted by Gasteiger charge is 2.26. The van der Waals surface area contributed by atoms with Crippen molar-refractivity contribution in [2.45, 2.75) is 26.8 Å². The molecule has 2 atom stereocenters. The quantitative estimate of drug-likeness (QED) is 0.870. The van der Waals surface area contributed by atoms with Gasteiger partial charge in [-0.05, 0) is 18.4 Å². The number of nitrogens with two attached hydrogens (primary N) is 1. The van der Waals surface area contributed by atoms with Crippen LogP contribution in [0.2, 0.25) is 0 Å². The minimum atomic E-state index is 0.699. The van der Waals surface area contributed by atoms with E-state index in [1.807, 2.05) is 0 Å². The summed E-state index contributed by atoms with van der Waals surface area (Å²) in [5.74, 6) is 1.64. The van der Waals surface area contributed by atoms with E-state index in [2.05, 4.69) is 29.1 Å². The first-order valence-corrected chi connectivity index (χ1v) is 6.92. The van der Waals surface area contributed by atoms with Crippen LogP contribution < -0.4 is 5.73 Å². The molecule has 0 saturated carbocycles. The van der Waals surface area contributed by atoms with Crippen molar-refractivity contribution >= 4 is 11.3 Å². The third kappa shape index (κ3) is 2.81. The van der Waals surface area contributed by atoms with Crippen LogP contribution in [0.4, 0.5) is 0 Å². The van der Waals surface area contributed by atoms with Gasteiger partial charge in [-0.25, -0.2) is 4.98 Å². The van der Waals surface area contributed by atoms with Crippen LogP contribution in [0.5, 0.6) is 0 Å². The molecule has 0 aliphatic carbocycles. The maximum absolute atomic E-state index is 5.53. The number of aromatic nitrogens is 1. The highest BCUT2D eigenvalue weighted by atomic mass is 32.1. The van der Waals surface area contributed by atoms with Gasteiger partial charge in [0.25, 0.3) is 0 Å². The van der Waals surface area contributed by atoms with Gasteiger partial charge in [-0.2, -0.15) is 0 Å². The molecule has 1 aliphatic heterocycles. The number of rotatable bonds is 4. The Labute approximate surface area is 102 Å². The highest BCUT2D eigenvalue weighted by molar-refractivity contribution is 7.09. The SMILES string of the molecule is CC1CN(Cc2csc(CCN)n2)CC1C. The Morgan fingerprint density at radius 2 is 2.12 bits per heavy atom. The molecule has 1 fully saturated rings. The summed E-state index contributed by atoms with van der Waals surface area (Å²) in [5, 5.41) is 3.36. The molecular weight excluding hydrogens is 218 g/mol. The van der Waals surface area contributed by atoms with Crippen molar-refractivity contribution in [2.24, 2.45) is 17.6 Å². The summed E-state index contributed by atoms with van der Waals surface area (Å²) < 4.78 is 0. The minimum Gasteiger partial charge on any atom is -0.330 e. The summed E-state index contributed by atoms with van der Waals surface area (Å²) in [6, 6.07) is 0. The lowest BCUT2D eigenvalue weighted by molar-refractivity contribution is 0.312. The first kappa shape index (κ1) is 12.0. The van der Waals surface area contributed by atoms with Crippen molar-refractivity contribution in [1.29, 1.82) is 0 Å². The zero-order chi connectivity index (χ0) is 11.5. The van der Waals surface area contributed by atoms with Crippen LogP contribution in [0.1, 0.15) is 24.5 Å². The van der Waals surface area contributed by atoms with E-state index < -0.39 is 0 Å². The van der Waals surface area contributed by atoms with Crippen LogP contribution in [-0.2, 0) is 13.0 Å². The van der Waals surface area contributed by atoms with E-state index in [0.717, 1.165) is 24.8 Å². The topological polar surface area (TPSA) is 42.1 Å². The first-order valence-electron chi connectivity index (χ1n) is 6.04. The minimum absolute atomic E-state index is 0.699. The molecule has 1 aromatic heterocycles. The molecule has 0 aromatic carbocycles. The monoisotopic (exact) mass is 239 g/mol. The Morgan fingerprint density at radius 1 is 1.44 bits per heavy atom.